The molecule has 0 radical (unpaired) electrons. The second-order valence-electron chi connectivity index (χ2n) is 3.22. The summed E-state index contributed by atoms with van der Waals surface area (Å²) in [6.45, 7) is 1.83. The Kier molecular flexibility index (Phi) is 5.46. The Hall–Kier alpha value is -1.93. The van der Waals surface area contributed by atoms with Gasteiger partial charge in [0.25, 0.3) is 5.69 Å². The molecular weight excluding hydrogens is 294 g/mol. The average Bonchev–Trinajstić information content (AvgIpc) is 2.31. The van der Waals surface area contributed by atoms with E-state index >= 15 is 0 Å². The molecule has 0 saturated carbocycles. The monoisotopic (exact) mass is 303 g/mol. The van der Waals surface area contributed by atoms with Crippen LogP contribution in [0.5, 0.6) is 0 Å². The van der Waals surface area contributed by atoms with E-state index in [4.69, 9.17) is 23.8 Å². The molecule has 1 amide bonds. The fourth-order valence-electron chi connectivity index (χ4n) is 1.17. The van der Waals surface area contributed by atoms with Crippen LogP contribution in [0.4, 0.5) is 16.2 Å². The van der Waals surface area contributed by atoms with Gasteiger partial charge in [0.1, 0.15) is 5.69 Å². The van der Waals surface area contributed by atoms with Crippen LogP contribution >= 0.6 is 23.8 Å². The van der Waals surface area contributed by atoms with Crippen molar-refractivity contribution >= 4 is 46.4 Å². The van der Waals surface area contributed by atoms with Crippen LogP contribution in [0.1, 0.15) is 6.92 Å². The first kappa shape index (κ1) is 15.1. The third kappa shape index (κ3) is 4.68. The molecule has 0 aliphatic rings. The molecule has 0 spiro atoms. The number of carbonyl (C=O) groups excluding carboxylic acids is 1. The maximum Gasteiger partial charge on any atom is 0.413 e. The van der Waals surface area contributed by atoms with E-state index in [0.29, 0.717) is 0 Å². The van der Waals surface area contributed by atoms with E-state index in [1.165, 1.54) is 18.2 Å². The number of benzene rings is 1. The van der Waals surface area contributed by atoms with Crippen molar-refractivity contribution in [3.63, 3.8) is 0 Å². The number of carbonyl (C=O) groups is 1. The molecule has 0 heterocycles. The first-order valence-electron chi connectivity index (χ1n) is 5.12. The van der Waals surface area contributed by atoms with Gasteiger partial charge in [-0.25, -0.2) is 4.79 Å². The number of ether oxygens (including phenoxy) is 1. The van der Waals surface area contributed by atoms with Crippen molar-refractivity contribution in [3.8, 4) is 0 Å². The summed E-state index contributed by atoms with van der Waals surface area (Å²) < 4.78 is 4.61. The highest BCUT2D eigenvalue weighted by molar-refractivity contribution is 7.80. The predicted molar refractivity (Wildman–Crippen MR) is 74.5 cm³/mol. The van der Waals surface area contributed by atoms with E-state index in [1.54, 1.807) is 6.92 Å². The highest BCUT2D eigenvalue weighted by Gasteiger charge is 2.16. The van der Waals surface area contributed by atoms with E-state index in [-0.39, 0.29) is 28.1 Å². The third-order valence-electron chi connectivity index (χ3n) is 1.90. The number of amides is 1. The van der Waals surface area contributed by atoms with E-state index in [1.807, 2.05) is 0 Å². The molecule has 0 aromatic heterocycles. The lowest BCUT2D eigenvalue weighted by Gasteiger charge is -2.09. The van der Waals surface area contributed by atoms with Crippen molar-refractivity contribution in [1.29, 1.82) is 0 Å². The first-order valence-corrected chi connectivity index (χ1v) is 5.91. The Balaban J connectivity index is 2.79. The van der Waals surface area contributed by atoms with Crippen molar-refractivity contribution in [2.24, 2.45) is 0 Å². The Morgan fingerprint density at radius 2 is 2.26 bits per heavy atom. The fourth-order valence-corrected chi connectivity index (χ4v) is 1.53. The molecule has 0 aliphatic heterocycles. The zero-order chi connectivity index (χ0) is 14.4. The number of nitro groups is 1. The minimum absolute atomic E-state index is 0.108. The van der Waals surface area contributed by atoms with Gasteiger partial charge in [-0.3, -0.25) is 15.4 Å². The van der Waals surface area contributed by atoms with Crippen LogP contribution in [0.25, 0.3) is 0 Å². The Labute approximate surface area is 119 Å². The lowest BCUT2D eigenvalue weighted by molar-refractivity contribution is -0.383. The van der Waals surface area contributed by atoms with Gasteiger partial charge in [0.15, 0.2) is 5.11 Å². The van der Waals surface area contributed by atoms with Gasteiger partial charge in [-0.2, -0.15) is 0 Å². The van der Waals surface area contributed by atoms with Crippen LogP contribution in [0.15, 0.2) is 18.2 Å². The molecule has 0 saturated heterocycles. The molecule has 7 nitrogen and oxygen atoms in total. The summed E-state index contributed by atoms with van der Waals surface area (Å²) >= 11 is 10.5. The molecule has 102 valence electrons. The number of thiocarbonyl (C=S) groups is 1. The molecule has 1 aromatic carbocycles. The summed E-state index contributed by atoms with van der Waals surface area (Å²) in [6.07, 6.45) is -0.739. The van der Waals surface area contributed by atoms with E-state index in [2.05, 4.69) is 15.4 Å². The summed E-state index contributed by atoms with van der Waals surface area (Å²) in [5.74, 6) is 0. The van der Waals surface area contributed by atoms with Gasteiger partial charge in [-0.15, -0.1) is 0 Å². The maximum absolute atomic E-state index is 11.1. The molecule has 1 aromatic rings. The number of hydrogen-bond donors (Lipinski definition) is 2. The van der Waals surface area contributed by atoms with Crippen LogP contribution in [-0.2, 0) is 4.74 Å². The summed E-state index contributed by atoms with van der Waals surface area (Å²) in [5, 5.41) is 15.7. The molecule has 2 N–H and O–H groups in total. The topological polar surface area (TPSA) is 93.5 Å². The Morgan fingerprint density at radius 3 is 2.84 bits per heavy atom. The summed E-state index contributed by atoms with van der Waals surface area (Å²) in [5.41, 5.74) is -0.128. The molecule has 0 aliphatic carbocycles. The minimum atomic E-state index is -0.739. The second kappa shape index (κ2) is 6.86. The van der Waals surface area contributed by atoms with Crippen molar-refractivity contribution in [2.45, 2.75) is 6.92 Å². The normalized spacial score (nSPS) is 9.58. The van der Waals surface area contributed by atoms with Crippen LogP contribution < -0.4 is 10.6 Å². The lowest BCUT2D eigenvalue weighted by atomic mass is 10.2. The van der Waals surface area contributed by atoms with E-state index in [0.717, 1.165) is 0 Å². The number of nitrogens with zero attached hydrogens (tertiary/aromatic N) is 1. The van der Waals surface area contributed by atoms with Crippen molar-refractivity contribution in [3.05, 3.63) is 33.3 Å². The smallest absolute Gasteiger partial charge is 0.413 e. The molecule has 0 bridgehead atoms. The summed E-state index contributed by atoms with van der Waals surface area (Å²) in [6, 6.07) is 4.03. The Bertz CT molecular complexity index is 523. The van der Waals surface area contributed by atoms with Gasteiger partial charge in [-0.1, -0.05) is 11.6 Å². The number of alkyl carbamates (subject to hydrolysis) is 1. The molecule has 9 heteroatoms. The van der Waals surface area contributed by atoms with Crippen molar-refractivity contribution in [1.82, 2.24) is 5.32 Å². The Morgan fingerprint density at radius 1 is 1.58 bits per heavy atom. The second-order valence-corrected chi connectivity index (χ2v) is 4.06. The zero-order valence-electron chi connectivity index (χ0n) is 9.81. The van der Waals surface area contributed by atoms with Gasteiger partial charge in [0.05, 0.1) is 11.5 Å². The number of hydrogen-bond acceptors (Lipinski definition) is 5. The zero-order valence-corrected chi connectivity index (χ0v) is 11.4. The fraction of sp³-hybridized carbons (Fsp3) is 0.200. The van der Waals surface area contributed by atoms with Gasteiger partial charge in [0.2, 0.25) is 0 Å². The average molecular weight is 304 g/mol. The van der Waals surface area contributed by atoms with Gasteiger partial charge in [-0.05, 0) is 31.3 Å². The van der Waals surface area contributed by atoms with Crippen LogP contribution in [0, 0.1) is 10.1 Å². The summed E-state index contributed by atoms with van der Waals surface area (Å²) in [7, 11) is 0. The highest BCUT2D eigenvalue weighted by Crippen LogP contribution is 2.27. The summed E-state index contributed by atoms with van der Waals surface area (Å²) in [4.78, 5) is 21.3. The number of anilines is 1. The van der Waals surface area contributed by atoms with Crippen molar-refractivity contribution < 1.29 is 14.5 Å². The molecule has 1 rings (SSSR count). The number of nitro benzene ring substituents is 1. The largest absolute Gasteiger partial charge is 0.450 e. The minimum Gasteiger partial charge on any atom is -0.450 e. The maximum atomic E-state index is 11.1. The van der Waals surface area contributed by atoms with Crippen LogP contribution in [-0.4, -0.2) is 22.7 Å². The number of rotatable bonds is 3. The van der Waals surface area contributed by atoms with E-state index in [9.17, 15) is 14.9 Å². The molecular formula is C10H10ClN3O4S. The van der Waals surface area contributed by atoms with E-state index < -0.39 is 11.0 Å². The van der Waals surface area contributed by atoms with Crippen LogP contribution in [0.2, 0.25) is 5.02 Å². The predicted octanol–water partition coefficient (Wildman–Crippen LogP) is 2.69. The van der Waals surface area contributed by atoms with Crippen molar-refractivity contribution in [2.75, 3.05) is 11.9 Å². The highest BCUT2D eigenvalue weighted by atomic mass is 35.5. The quantitative estimate of drug-likeness (QED) is 0.506. The molecule has 0 unspecified atom stereocenters. The van der Waals surface area contributed by atoms with Gasteiger partial charge >= 0.3 is 6.09 Å². The standard InChI is InChI=1S/C10H10ClN3O4S/c1-2-18-10(15)13-9(19)12-7-4-3-6(11)5-8(7)14(16)17/h3-5H,2H2,1H3,(H2,12,13,15,19). The third-order valence-corrected chi connectivity index (χ3v) is 2.33. The molecule has 19 heavy (non-hydrogen) atoms. The molecule has 0 fully saturated rings. The number of halogens is 1. The van der Waals surface area contributed by atoms with Gasteiger partial charge < -0.3 is 10.1 Å². The molecule has 0 atom stereocenters. The van der Waals surface area contributed by atoms with Crippen LogP contribution in [0.3, 0.4) is 0 Å². The van der Waals surface area contributed by atoms with Gasteiger partial charge in [0, 0.05) is 11.1 Å². The number of nitrogens with one attached hydrogen (secondary N) is 2. The SMILES string of the molecule is CCOC(=O)NC(=S)Nc1ccc(Cl)cc1[N+](=O)[O-]. The first-order chi connectivity index (χ1) is 8.93. The lowest BCUT2D eigenvalue weighted by Crippen LogP contribution is -2.34.